The Hall–Kier alpha value is -2.46. The lowest BCUT2D eigenvalue weighted by molar-refractivity contribution is -0.646. The van der Waals surface area contributed by atoms with E-state index in [9.17, 15) is 14.7 Å². The first-order valence-corrected chi connectivity index (χ1v) is 8.00. The van der Waals surface area contributed by atoms with E-state index >= 15 is 0 Å². The van der Waals surface area contributed by atoms with Crippen molar-refractivity contribution in [3.05, 3.63) is 16.7 Å². The maximum atomic E-state index is 12.1. The molecule has 1 fully saturated rings. The van der Waals surface area contributed by atoms with Crippen LogP contribution in [-0.4, -0.2) is 56.8 Å². The highest BCUT2D eigenvalue weighted by Crippen LogP contribution is 2.36. The van der Waals surface area contributed by atoms with Gasteiger partial charge in [0.15, 0.2) is 0 Å². The van der Waals surface area contributed by atoms with Crippen molar-refractivity contribution in [2.45, 2.75) is 31.8 Å². The maximum absolute atomic E-state index is 12.1. The van der Waals surface area contributed by atoms with Gasteiger partial charge in [-0.1, -0.05) is 0 Å². The van der Waals surface area contributed by atoms with Crippen LogP contribution < -0.4 is 15.9 Å². The molecule has 3 rings (SSSR count). The van der Waals surface area contributed by atoms with Gasteiger partial charge in [-0.15, -0.1) is 0 Å². The highest BCUT2D eigenvalue weighted by molar-refractivity contribution is 5.76. The second-order valence-corrected chi connectivity index (χ2v) is 6.64. The number of nitrogens with zero attached hydrogens (tertiary/aromatic N) is 4. The predicted octanol–water partition coefficient (Wildman–Crippen LogP) is -1.50. The van der Waals surface area contributed by atoms with Crippen molar-refractivity contribution in [3.8, 4) is 0 Å². The van der Waals surface area contributed by atoms with Crippen LogP contribution in [0, 0.1) is 5.92 Å². The number of hydrogen-bond acceptors (Lipinski definition) is 6. The number of amides is 1. The number of carbonyl (C=O) groups is 1. The fraction of sp³-hybridized carbons (Fsp3) is 0.600. The van der Waals surface area contributed by atoms with Crippen molar-refractivity contribution in [1.82, 2.24) is 19.4 Å². The third-order valence-corrected chi connectivity index (χ3v) is 4.66. The quantitative estimate of drug-likeness (QED) is 0.577. The summed E-state index contributed by atoms with van der Waals surface area (Å²) in [7, 11) is 5.04. The second-order valence-electron chi connectivity index (χ2n) is 6.64. The summed E-state index contributed by atoms with van der Waals surface area (Å²) in [5.41, 5.74) is 5.92. The Balaban J connectivity index is 1.99. The van der Waals surface area contributed by atoms with Crippen LogP contribution >= 0.6 is 0 Å². The summed E-state index contributed by atoms with van der Waals surface area (Å²) < 4.78 is 9.07. The van der Waals surface area contributed by atoms with Crippen LogP contribution in [-0.2, 0) is 16.6 Å². The molecule has 0 aliphatic carbocycles. The first-order chi connectivity index (χ1) is 11.7. The number of H-pyrrole nitrogens is 1. The van der Waals surface area contributed by atoms with Crippen molar-refractivity contribution in [2.24, 2.45) is 13.0 Å². The number of fused-ring (bicyclic) bond motifs is 1. The molecule has 10 heteroatoms. The molecule has 3 heterocycles. The molecule has 10 nitrogen and oxygen atoms in total. The molecule has 1 amide bonds. The number of aromatic amines is 1. The van der Waals surface area contributed by atoms with Gasteiger partial charge in [-0.2, -0.15) is 9.55 Å². The average Bonchev–Trinajstić information content (AvgIpc) is 2.98. The number of anilines is 1. The predicted molar refractivity (Wildman–Crippen MR) is 88.3 cm³/mol. The Labute approximate surface area is 143 Å². The number of nitrogens with two attached hydrogens (primary N) is 1. The number of rotatable bonds is 3. The van der Waals surface area contributed by atoms with Gasteiger partial charge in [0.1, 0.15) is 6.10 Å². The topological polar surface area (TPSA) is 130 Å². The Kier molecular flexibility index (Phi) is 4.25. The first-order valence-electron chi connectivity index (χ1n) is 8.00. The third-order valence-electron chi connectivity index (χ3n) is 4.66. The molecule has 0 saturated carbocycles. The Bertz CT molecular complexity index is 873. The van der Waals surface area contributed by atoms with E-state index in [1.807, 2.05) is 6.92 Å². The highest BCUT2D eigenvalue weighted by atomic mass is 16.5. The van der Waals surface area contributed by atoms with Crippen molar-refractivity contribution in [3.63, 3.8) is 0 Å². The fourth-order valence-electron chi connectivity index (χ4n) is 3.25. The summed E-state index contributed by atoms with van der Waals surface area (Å²) >= 11 is 0. The average molecular weight is 351 g/mol. The van der Waals surface area contributed by atoms with E-state index in [1.54, 1.807) is 36.6 Å². The van der Waals surface area contributed by atoms with Gasteiger partial charge >= 0.3 is 5.56 Å². The van der Waals surface area contributed by atoms with E-state index < -0.39 is 12.3 Å². The van der Waals surface area contributed by atoms with Gasteiger partial charge in [-0.05, 0) is 6.92 Å². The zero-order valence-corrected chi connectivity index (χ0v) is 14.6. The molecular weight excluding hydrogens is 328 g/mol. The van der Waals surface area contributed by atoms with E-state index in [0.29, 0.717) is 11.2 Å². The molecule has 0 radical (unpaired) electrons. The molecule has 4 atom stereocenters. The molecule has 136 valence electrons. The standard InChI is InChI=1S/C15H22N6O4/c1-7-8(5-9(22)19(2)3)11(23)14(25-7)21-6-20(4)10-12(21)17-15(16)18-13(10)24/h6-8,11,14,23H,5H2,1-4H3,(H2-,16,17,18,24)/p+1/t7-,8-,11-,14-/m1/s1. The van der Waals surface area contributed by atoms with Gasteiger partial charge in [-0.25, -0.2) is 4.57 Å². The van der Waals surface area contributed by atoms with Gasteiger partial charge in [0.2, 0.25) is 24.4 Å². The normalized spacial score (nSPS) is 26.3. The Morgan fingerprint density at radius 3 is 2.88 bits per heavy atom. The third kappa shape index (κ3) is 2.87. The number of nitrogen functional groups attached to an aromatic ring is 1. The number of aryl methyl sites for hydroxylation is 1. The molecule has 2 aromatic rings. The molecule has 25 heavy (non-hydrogen) atoms. The van der Waals surface area contributed by atoms with Crippen LogP contribution in [0.15, 0.2) is 11.1 Å². The van der Waals surface area contributed by atoms with Crippen LogP contribution in [0.25, 0.3) is 11.2 Å². The van der Waals surface area contributed by atoms with E-state index in [-0.39, 0.29) is 35.9 Å². The lowest BCUT2D eigenvalue weighted by atomic mass is 9.94. The molecule has 0 aromatic carbocycles. The Morgan fingerprint density at radius 2 is 2.24 bits per heavy atom. The summed E-state index contributed by atoms with van der Waals surface area (Å²) in [4.78, 5) is 32.2. The van der Waals surface area contributed by atoms with Crippen molar-refractivity contribution >= 4 is 23.0 Å². The van der Waals surface area contributed by atoms with Gasteiger partial charge in [0.25, 0.3) is 11.2 Å². The number of aromatic nitrogens is 4. The van der Waals surface area contributed by atoms with Gasteiger partial charge in [0.05, 0.1) is 13.2 Å². The molecule has 0 spiro atoms. The summed E-state index contributed by atoms with van der Waals surface area (Å²) in [6, 6.07) is 0. The minimum atomic E-state index is -0.920. The van der Waals surface area contributed by atoms with Crippen molar-refractivity contribution in [2.75, 3.05) is 19.8 Å². The van der Waals surface area contributed by atoms with E-state index in [2.05, 4.69) is 9.97 Å². The van der Waals surface area contributed by atoms with Gasteiger partial charge in [-0.3, -0.25) is 14.6 Å². The number of carbonyl (C=O) groups excluding carboxylic acids is 1. The molecule has 2 aromatic heterocycles. The highest BCUT2D eigenvalue weighted by Gasteiger charge is 2.47. The first kappa shape index (κ1) is 17.4. The van der Waals surface area contributed by atoms with E-state index in [1.165, 1.54) is 4.90 Å². The minimum absolute atomic E-state index is 0.0164. The molecule has 0 bridgehead atoms. The molecular formula is C15H23N6O4+. The van der Waals surface area contributed by atoms with E-state index in [4.69, 9.17) is 10.5 Å². The number of ether oxygens (including phenoxy) is 1. The summed E-state index contributed by atoms with van der Waals surface area (Å²) in [5.74, 6) is -0.457. The fourth-order valence-corrected chi connectivity index (χ4v) is 3.25. The molecule has 0 unspecified atom stereocenters. The summed E-state index contributed by atoms with van der Waals surface area (Å²) in [6.07, 6.45) is -0.202. The van der Waals surface area contributed by atoms with Crippen molar-refractivity contribution in [1.29, 1.82) is 0 Å². The zero-order valence-electron chi connectivity index (χ0n) is 14.6. The van der Waals surface area contributed by atoms with Crippen LogP contribution in [0.1, 0.15) is 19.6 Å². The molecule has 1 aliphatic rings. The molecule has 4 N–H and O–H groups in total. The molecule has 1 aliphatic heterocycles. The number of aliphatic hydroxyl groups is 1. The largest absolute Gasteiger partial charge is 0.386 e. The maximum Gasteiger partial charge on any atom is 0.304 e. The van der Waals surface area contributed by atoms with Gasteiger partial charge < -0.3 is 20.5 Å². The monoisotopic (exact) mass is 351 g/mol. The van der Waals surface area contributed by atoms with Crippen molar-refractivity contribution < 1.29 is 19.2 Å². The Morgan fingerprint density at radius 1 is 1.56 bits per heavy atom. The van der Waals surface area contributed by atoms with Crippen LogP contribution in [0.4, 0.5) is 5.95 Å². The second kappa shape index (κ2) is 6.12. The van der Waals surface area contributed by atoms with Crippen LogP contribution in [0.5, 0.6) is 0 Å². The smallest absolute Gasteiger partial charge is 0.304 e. The lowest BCUT2D eigenvalue weighted by Gasteiger charge is -2.18. The van der Waals surface area contributed by atoms with Gasteiger partial charge in [0, 0.05) is 26.4 Å². The molecule has 1 saturated heterocycles. The SMILES string of the molecule is C[C@H]1O[C@@H](n2c[n+](C)c3c(=O)[nH]c(N)nc32)[C@H](O)[C@@H]1CC(=O)N(C)C. The number of nitrogens with one attached hydrogen (secondary N) is 1. The number of imidazole rings is 1. The minimum Gasteiger partial charge on any atom is -0.386 e. The summed E-state index contributed by atoms with van der Waals surface area (Å²) in [6.45, 7) is 1.82. The van der Waals surface area contributed by atoms with Crippen LogP contribution in [0.3, 0.4) is 0 Å². The van der Waals surface area contributed by atoms with E-state index in [0.717, 1.165) is 0 Å². The summed E-state index contributed by atoms with van der Waals surface area (Å²) in [5, 5.41) is 10.7. The zero-order chi connectivity index (χ0) is 18.5. The number of aliphatic hydroxyl groups excluding tert-OH is 1. The van der Waals surface area contributed by atoms with Crippen LogP contribution in [0.2, 0.25) is 0 Å². The lowest BCUT2D eigenvalue weighted by Crippen LogP contribution is -2.33. The number of hydrogen-bond donors (Lipinski definition) is 3.